The zero-order chi connectivity index (χ0) is 13.8. The van der Waals surface area contributed by atoms with Crippen molar-refractivity contribution in [3.8, 4) is 0 Å². The van der Waals surface area contributed by atoms with Crippen molar-refractivity contribution in [1.82, 2.24) is 4.90 Å². The predicted octanol–water partition coefficient (Wildman–Crippen LogP) is 1.40. The molecule has 0 saturated carbocycles. The molecule has 102 valence electrons. The van der Waals surface area contributed by atoms with E-state index in [1.54, 1.807) is 0 Å². The summed E-state index contributed by atoms with van der Waals surface area (Å²) in [5.41, 5.74) is 8.04. The van der Waals surface area contributed by atoms with Crippen LogP contribution in [0.25, 0.3) is 0 Å². The highest BCUT2D eigenvalue weighted by molar-refractivity contribution is 5.96. The van der Waals surface area contributed by atoms with Gasteiger partial charge in [0.15, 0.2) is 0 Å². The molecule has 1 fully saturated rings. The molecule has 4 heteroatoms. The molecule has 1 unspecified atom stereocenters. The van der Waals surface area contributed by atoms with Crippen molar-refractivity contribution in [1.29, 1.82) is 0 Å². The second kappa shape index (κ2) is 5.97. The van der Waals surface area contributed by atoms with Gasteiger partial charge in [-0.2, -0.15) is 0 Å². The molecule has 1 aromatic carbocycles. The number of nitrogens with zero attached hydrogens (tertiary/aromatic N) is 1. The van der Waals surface area contributed by atoms with E-state index in [1.165, 1.54) is 10.5 Å². The summed E-state index contributed by atoms with van der Waals surface area (Å²) in [4.78, 5) is 25.1. The number of carbonyl (C=O) groups excluding carboxylic acids is 2. The topological polar surface area (TPSA) is 63.4 Å². The van der Waals surface area contributed by atoms with E-state index in [1.807, 2.05) is 31.2 Å². The lowest BCUT2D eigenvalue weighted by molar-refractivity contribution is -0.146. The van der Waals surface area contributed by atoms with Crippen molar-refractivity contribution in [2.24, 2.45) is 5.73 Å². The summed E-state index contributed by atoms with van der Waals surface area (Å²) in [5.74, 6) is -0.217. The van der Waals surface area contributed by atoms with Crippen LogP contribution in [0.15, 0.2) is 24.3 Å². The Kier molecular flexibility index (Phi) is 4.32. The first-order chi connectivity index (χ1) is 9.06. The molecule has 0 bridgehead atoms. The van der Waals surface area contributed by atoms with E-state index in [2.05, 4.69) is 0 Å². The third-order valence-electron chi connectivity index (χ3n) is 3.51. The Labute approximate surface area is 113 Å². The lowest BCUT2D eigenvalue weighted by Gasteiger charge is -2.28. The van der Waals surface area contributed by atoms with Gasteiger partial charge in [0.1, 0.15) is 0 Å². The van der Waals surface area contributed by atoms with Crippen LogP contribution in [0.2, 0.25) is 0 Å². The molecule has 1 saturated heterocycles. The molecule has 0 aromatic heterocycles. The summed E-state index contributed by atoms with van der Waals surface area (Å²) in [6, 6.07) is 8.02. The van der Waals surface area contributed by atoms with Gasteiger partial charge >= 0.3 is 0 Å². The first kappa shape index (κ1) is 13.7. The van der Waals surface area contributed by atoms with Gasteiger partial charge in [0.25, 0.3) is 0 Å². The maximum Gasteiger partial charge on any atom is 0.230 e. The largest absolute Gasteiger partial charge is 0.327 e. The number of aryl methyl sites for hydroxylation is 2. The monoisotopic (exact) mass is 260 g/mol. The summed E-state index contributed by atoms with van der Waals surface area (Å²) in [6.45, 7) is 2.50. The van der Waals surface area contributed by atoms with Crippen molar-refractivity contribution in [3.63, 3.8) is 0 Å². The molecule has 0 radical (unpaired) electrons. The van der Waals surface area contributed by atoms with Crippen LogP contribution < -0.4 is 5.73 Å². The average molecular weight is 260 g/mol. The molecule has 1 aliphatic heterocycles. The number of likely N-dealkylation sites (tertiary alicyclic amines) is 1. The Morgan fingerprint density at radius 2 is 2.05 bits per heavy atom. The van der Waals surface area contributed by atoms with Crippen LogP contribution in [0.4, 0.5) is 0 Å². The number of hydrogen-bond acceptors (Lipinski definition) is 3. The number of amides is 2. The van der Waals surface area contributed by atoms with E-state index < -0.39 is 0 Å². The van der Waals surface area contributed by atoms with E-state index in [9.17, 15) is 9.59 Å². The van der Waals surface area contributed by atoms with Crippen molar-refractivity contribution in [3.05, 3.63) is 35.4 Å². The third-order valence-corrected chi connectivity index (χ3v) is 3.51. The number of carbonyl (C=O) groups is 2. The van der Waals surface area contributed by atoms with Gasteiger partial charge < -0.3 is 5.73 Å². The number of nitrogens with two attached hydrogens (primary N) is 1. The minimum atomic E-state index is -0.132. The first-order valence-corrected chi connectivity index (χ1v) is 6.70. The Bertz CT molecular complexity index is 468. The van der Waals surface area contributed by atoms with Gasteiger partial charge in [-0.15, -0.1) is 0 Å². The maximum absolute atomic E-state index is 12.0. The number of rotatable bonds is 3. The second-order valence-electron chi connectivity index (χ2n) is 5.18. The molecule has 2 amide bonds. The van der Waals surface area contributed by atoms with E-state index in [4.69, 9.17) is 5.73 Å². The van der Waals surface area contributed by atoms with Gasteiger partial charge in [0.05, 0.1) is 0 Å². The highest BCUT2D eigenvalue weighted by atomic mass is 16.2. The van der Waals surface area contributed by atoms with Crippen LogP contribution in [0.3, 0.4) is 0 Å². The summed E-state index contributed by atoms with van der Waals surface area (Å²) in [7, 11) is 0. The van der Waals surface area contributed by atoms with E-state index >= 15 is 0 Å². The predicted molar refractivity (Wildman–Crippen MR) is 73.4 cm³/mol. The van der Waals surface area contributed by atoms with E-state index in [0.29, 0.717) is 25.8 Å². The van der Waals surface area contributed by atoms with Crippen LogP contribution in [-0.4, -0.2) is 29.3 Å². The molecule has 1 atom stereocenters. The molecule has 1 aromatic rings. The van der Waals surface area contributed by atoms with Gasteiger partial charge in [-0.25, -0.2) is 0 Å². The molecule has 4 nitrogen and oxygen atoms in total. The first-order valence-electron chi connectivity index (χ1n) is 6.70. The summed E-state index contributed by atoms with van der Waals surface area (Å²) in [5, 5.41) is 0. The Morgan fingerprint density at radius 1 is 1.37 bits per heavy atom. The number of hydrogen-bond donors (Lipinski definition) is 1. The van der Waals surface area contributed by atoms with Crippen LogP contribution in [-0.2, 0) is 16.0 Å². The van der Waals surface area contributed by atoms with Crippen molar-refractivity contribution >= 4 is 11.8 Å². The standard InChI is InChI=1S/C15H20N2O2/c1-11-2-4-12(5-3-11)6-7-14(18)17-9-8-13(16)10-15(17)19/h2-5,13H,6-10,16H2,1H3. The van der Waals surface area contributed by atoms with E-state index in [-0.39, 0.29) is 24.3 Å². The van der Waals surface area contributed by atoms with Crippen molar-refractivity contribution in [2.75, 3.05) is 6.54 Å². The smallest absolute Gasteiger partial charge is 0.230 e. The fourth-order valence-electron chi connectivity index (χ4n) is 2.26. The van der Waals surface area contributed by atoms with Gasteiger partial charge in [-0.05, 0) is 25.3 Å². The van der Waals surface area contributed by atoms with Gasteiger partial charge in [0.2, 0.25) is 11.8 Å². The molecule has 1 heterocycles. The summed E-state index contributed by atoms with van der Waals surface area (Å²) in [6.07, 6.45) is 2.05. The molecule has 0 aliphatic carbocycles. The lowest BCUT2D eigenvalue weighted by Crippen LogP contribution is -2.46. The van der Waals surface area contributed by atoms with Crippen LogP contribution >= 0.6 is 0 Å². The molecular weight excluding hydrogens is 240 g/mol. The second-order valence-corrected chi connectivity index (χ2v) is 5.18. The molecule has 0 spiro atoms. The van der Waals surface area contributed by atoms with E-state index in [0.717, 1.165) is 5.56 Å². The Balaban J connectivity index is 1.87. The summed E-state index contributed by atoms with van der Waals surface area (Å²) < 4.78 is 0. The minimum absolute atomic E-state index is 0.0857. The van der Waals surface area contributed by atoms with Gasteiger partial charge in [-0.1, -0.05) is 29.8 Å². The normalized spacial score (nSPS) is 19.6. The number of piperidine rings is 1. The minimum Gasteiger partial charge on any atom is -0.327 e. The van der Waals surface area contributed by atoms with Crippen LogP contribution in [0.5, 0.6) is 0 Å². The maximum atomic E-state index is 12.0. The summed E-state index contributed by atoms with van der Waals surface area (Å²) >= 11 is 0. The Morgan fingerprint density at radius 3 is 2.68 bits per heavy atom. The third kappa shape index (κ3) is 3.64. The highest BCUT2D eigenvalue weighted by Crippen LogP contribution is 2.13. The van der Waals surface area contributed by atoms with Crippen molar-refractivity contribution in [2.45, 2.75) is 38.6 Å². The zero-order valence-corrected chi connectivity index (χ0v) is 11.3. The quantitative estimate of drug-likeness (QED) is 0.893. The molecule has 1 aliphatic rings. The highest BCUT2D eigenvalue weighted by Gasteiger charge is 2.27. The SMILES string of the molecule is Cc1ccc(CCC(=O)N2CCC(N)CC2=O)cc1. The fourth-order valence-corrected chi connectivity index (χ4v) is 2.26. The lowest BCUT2D eigenvalue weighted by atomic mass is 10.0. The van der Waals surface area contributed by atoms with Crippen molar-refractivity contribution < 1.29 is 9.59 Å². The molecule has 2 rings (SSSR count). The average Bonchev–Trinajstić information content (AvgIpc) is 2.37. The Hall–Kier alpha value is -1.68. The van der Waals surface area contributed by atoms with Crippen LogP contribution in [0.1, 0.15) is 30.4 Å². The molecular formula is C15H20N2O2. The van der Waals surface area contributed by atoms with Gasteiger partial charge in [0, 0.05) is 25.4 Å². The number of imide groups is 1. The van der Waals surface area contributed by atoms with Crippen LogP contribution in [0, 0.1) is 6.92 Å². The molecule has 2 N–H and O–H groups in total. The fraction of sp³-hybridized carbons (Fsp3) is 0.467. The number of benzene rings is 1. The zero-order valence-electron chi connectivity index (χ0n) is 11.3. The molecule has 19 heavy (non-hydrogen) atoms. The van der Waals surface area contributed by atoms with Gasteiger partial charge in [-0.3, -0.25) is 14.5 Å².